The molecule has 0 unspecified atom stereocenters. The minimum Gasteiger partial charge on any atom is -0.423 e. The monoisotopic (exact) mass is 611 g/mol. The van der Waals surface area contributed by atoms with Crippen molar-refractivity contribution in [3.05, 3.63) is 98.0 Å². The molecule has 0 saturated carbocycles. The van der Waals surface area contributed by atoms with Crippen molar-refractivity contribution in [3.8, 4) is 5.75 Å². The third-order valence-corrected chi connectivity index (χ3v) is 6.93. The Balaban J connectivity index is 1.56. The summed E-state index contributed by atoms with van der Waals surface area (Å²) >= 11 is 8.28. The van der Waals surface area contributed by atoms with Gasteiger partial charge in [-0.15, -0.1) is 0 Å². The predicted octanol–water partition coefficient (Wildman–Crippen LogP) is 6.94. The van der Waals surface area contributed by atoms with Crippen LogP contribution in [0.5, 0.6) is 5.75 Å². The normalized spacial score (nSPS) is 15.2. The van der Waals surface area contributed by atoms with Crippen molar-refractivity contribution in [2.24, 2.45) is 0 Å². The molecular formula is C24H13F3INO3S2. The maximum absolute atomic E-state index is 13.1. The van der Waals surface area contributed by atoms with Crippen LogP contribution in [0, 0.1) is 3.57 Å². The van der Waals surface area contributed by atoms with Crippen molar-refractivity contribution >= 4 is 74.5 Å². The van der Waals surface area contributed by atoms with Crippen molar-refractivity contribution in [1.82, 2.24) is 0 Å². The molecule has 1 saturated heterocycles. The van der Waals surface area contributed by atoms with Gasteiger partial charge in [0, 0.05) is 3.57 Å². The Morgan fingerprint density at radius 2 is 1.76 bits per heavy atom. The fraction of sp³-hybridized carbons (Fsp3) is 0.0417. The van der Waals surface area contributed by atoms with E-state index in [1.807, 2.05) is 28.7 Å². The van der Waals surface area contributed by atoms with E-state index in [1.54, 1.807) is 48.5 Å². The van der Waals surface area contributed by atoms with E-state index in [0.29, 0.717) is 11.1 Å². The lowest BCUT2D eigenvalue weighted by Crippen LogP contribution is -2.27. The van der Waals surface area contributed by atoms with Crippen LogP contribution in [0.1, 0.15) is 21.5 Å². The largest absolute Gasteiger partial charge is 0.423 e. The smallest absolute Gasteiger partial charge is 0.416 e. The zero-order chi connectivity index (χ0) is 24.5. The summed E-state index contributed by atoms with van der Waals surface area (Å²) in [5.41, 5.74) is 0.166. The number of thiocarbonyl (C=S) groups is 1. The predicted molar refractivity (Wildman–Crippen MR) is 138 cm³/mol. The first-order valence-electron chi connectivity index (χ1n) is 9.65. The summed E-state index contributed by atoms with van der Waals surface area (Å²) in [4.78, 5) is 26.7. The molecule has 0 radical (unpaired) electrons. The van der Waals surface area contributed by atoms with E-state index in [-0.39, 0.29) is 20.7 Å². The van der Waals surface area contributed by atoms with Crippen LogP contribution in [0.25, 0.3) is 6.08 Å². The molecule has 0 aromatic heterocycles. The van der Waals surface area contributed by atoms with Crippen LogP contribution in [-0.2, 0) is 11.0 Å². The van der Waals surface area contributed by atoms with Gasteiger partial charge in [-0.1, -0.05) is 54.3 Å². The highest BCUT2D eigenvalue weighted by atomic mass is 127. The molecule has 0 N–H and O–H groups in total. The SMILES string of the molecule is O=C(Oc1cccc(/C=C2/SC(=S)N(c3cccc(C(F)(F)F)c3)C2=O)c1)c1ccccc1I. The lowest BCUT2D eigenvalue weighted by molar-refractivity contribution is -0.137. The van der Waals surface area contributed by atoms with Crippen molar-refractivity contribution in [3.63, 3.8) is 0 Å². The Morgan fingerprint density at radius 3 is 2.50 bits per heavy atom. The van der Waals surface area contributed by atoms with E-state index >= 15 is 0 Å². The lowest BCUT2D eigenvalue weighted by Gasteiger charge is -2.16. The number of amides is 1. The van der Waals surface area contributed by atoms with Gasteiger partial charge >= 0.3 is 12.1 Å². The van der Waals surface area contributed by atoms with Crippen molar-refractivity contribution in [1.29, 1.82) is 0 Å². The van der Waals surface area contributed by atoms with Gasteiger partial charge in [0.05, 0.1) is 21.7 Å². The van der Waals surface area contributed by atoms with Gasteiger partial charge in [-0.25, -0.2) is 4.79 Å². The average Bonchev–Trinajstić information content (AvgIpc) is 3.06. The molecule has 172 valence electrons. The molecule has 34 heavy (non-hydrogen) atoms. The minimum atomic E-state index is -4.54. The van der Waals surface area contributed by atoms with Gasteiger partial charge in [-0.3, -0.25) is 9.69 Å². The highest BCUT2D eigenvalue weighted by molar-refractivity contribution is 14.1. The molecule has 1 fully saturated rings. The Morgan fingerprint density at radius 1 is 1.03 bits per heavy atom. The number of thioether (sulfide) groups is 1. The summed E-state index contributed by atoms with van der Waals surface area (Å²) in [7, 11) is 0. The molecule has 1 aliphatic rings. The maximum Gasteiger partial charge on any atom is 0.416 e. The van der Waals surface area contributed by atoms with Crippen LogP contribution < -0.4 is 9.64 Å². The van der Waals surface area contributed by atoms with Crippen molar-refractivity contribution in [2.45, 2.75) is 6.18 Å². The number of hydrogen-bond donors (Lipinski definition) is 0. The summed E-state index contributed by atoms with van der Waals surface area (Å²) in [6.45, 7) is 0. The molecule has 4 rings (SSSR count). The van der Waals surface area contributed by atoms with Gasteiger partial charge in [-0.2, -0.15) is 13.2 Å². The highest BCUT2D eigenvalue weighted by Crippen LogP contribution is 2.38. The quantitative estimate of drug-likeness (QED) is 0.105. The molecule has 3 aromatic rings. The van der Waals surface area contributed by atoms with E-state index in [1.165, 1.54) is 12.1 Å². The number of ether oxygens (including phenoxy) is 1. The number of benzene rings is 3. The molecule has 0 atom stereocenters. The molecule has 1 aliphatic heterocycles. The lowest BCUT2D eigenvalue weighted by atomic mass is 10.1. The number of alkyl halides is 3. The zero-order valence-electron chi connectivity index (χ0n) is 17.0. The molecule has 0 aliphatic carbocycles. The molecular weight excluding hydrogens is 598 g/mol. The second-order valence-corrected chi connectivity index (χ2v) is 9.85. The Labute approximate surface area is 215 Å². The van der Waals surface area contributed by atoms with E-state index in [2.05, 4.69) is 0 Å². The third-order valence-electron chi connectivity index (χ3n) is 4.69. The van der Waals surface area contributed by atoms with Gasteiger partial charge in [0.1, 0.15) is 5.75 Å². The van der Waals surface area contributed by atoms with Gasteiger partial charge in [-0.05, 0) is 76.7 Å². The van der Waals surface area contributed by atoms with E-state index < -0.39 is 23.6 Å². The third kappa shape index (κ3) is 5.34. The fourth-order valence-corrected chi connectivity index (χ4v) is 5.03. The topological polar surface area (TPSA) is 46.6 Å². The molecule has 1 amide bonds. The fourth-order valence-electron chi connectivity index (χ4n) is 3.12. The number of anilines is 1. The standard InChI is InChI=1S/C24H13F3INO3S2/c25-24(26,27)15-6-4-7-16(13-15)29-21(30)20(34-23(29)33)12-14-5-3-8-17(11-14)32-22(31)18-9-1-2-10-19(18)28/h1-13H/b20-12+. The molecule has 0 bridgehead atoms. The Kier molecular flexibility index (Phi) is 7.10. The summed E-state index contributed by atoms with van der Waals surface area (Å²) < 4.78 is 45.6. The second kappa shape index (κ2) is 9.88. The molecule has 1 heterocycles. The maximum atomic E-state index is 13.1. The van der Waals surface area contributed by atoms with E-state index in [4.69, 9.17) is 17.0 Å². The first kappa shape index (κ1) is 24.4. The van der Waals surface area contributed by atoms with E-state index in [9.17, 15) is 22.8 Å². The van der Waals surface area contributed by atoms with Gasteiger partial charge in [0.2, 0.25) is 0 Å². The Bertz CT molecular complexity index is 1340. The summed E-state index contributed by atoms with van der Waals surface area (Å²) in [6, 6.07) is 18.0. The molecule has 4 nitrogen and oxygen atoms in total. The van der Waals surface area contributed by atoms with Crippen molar-refractivity contribution in [2.75, 3.05) is 4.90 Å². The Hall–Kier alpha value is -2.70. The van der Waals surface area contributed by atoms with Crippen molar-refractivity contribution < 1.29 is 27.5 Å². The number of esters is 1. The number of carbonyl (C=O) groups excluding carboxylic acids is 2. The molecule has 0 spiro atoms. The summed E-state index contributed by atoms with van der Waals surface area (Å²) in [6.07, 6.45) is -2.99. The molecule has 10 heteroatoms. The van der Waals surface area contributed by atoms with Gasteiger partial charge in [0.25, 0.3) is 5.91 Å². The first-order valence-corrected chi connectivity index (χ1v) is 12.0. The van der Waals surface area contributed by atoms with Gasteiger partial charge < -0.3 is 4.74 Å². The van der Waals surface area contributed by atoms with E-state index in [0.717, 1.165) is 32.4 Å². The van der Waals surface area contributed by atoms with Crippen LogP contribution in [0.4, 0.5) is 18.9 Å². The van der Waals surface area contributed by atoms with Crippen LogP contribution >= 0.6 is 46.6 Å². The number of carbonyl (C=O) groups is 2. The average molecular weight is 611 g/mol. The van der Waals surface area contributed by atoms with Crippen LogP contribution in [0.15, 0.2) is 77.7 Å². The minimum absolute atomic E-state index is 0.0425. The number of halogens is 4. The summed E-state index contributed by atoms with van der Waals surface area (Å²) in [5.74, 6) is -0.764. The molecule has 3 aromatic carbocycles. The second-order valence-electron chi connectivity index (χ2n) is 7.01. The first-order chi connectivity index (χ1) is 16.1. The van der Waals surface area contributed by atoms with Crippen LogP contribution in [-0.4, -0.2) is 16.2 Å². The van der Waals surface area contributed by atoms with Crippen LogP contribution in [0.3, 0.4) is 0 Å². The highest BCUT2D eigenvalue weighted by Gasteiger charge is 2.36. The number of hydrogen-bond acceptors (Lipinski definition) is 5. The van der Waals surface area contributed by atoms with Gasteiger partial charge in [0.15, 0.2) is 4.32 Å². The summed E-state index contributed by atoms with van der Waals surface area (Å²) in [5, 5.41) is 0. The zero-order valence-corrected chi connectivity index (χ0v) is 20.8. The number of nitrogens with zero attached hydrogens (tertiary/aromatic N) is 1. The number of rotatable bonds is 4. The van der Waals surface area contributed by atoms with Crippen LogP contribution in [0.2, 0.25) is 0 Å².